The van der Waals surface area contributed by atoms with Gasteiger partial charge in [-0.15, -0.1) is 5.10 Å². The summed E-state index contributed by atoms with van der Waals surface area (Å²) in [5.74, 6) is 0.239. The third-order valence-electron chi connectivity index (χ3n) is 3.66. The van der Waals surface area contributed by atoms with Crippen LogP contribution in [0.25, 0.3) is 0 Å². The summed E-state index contributed by atoms with van der Waals surface area (Å²) in [5, 5.41) is 16.6. The van der Waals surface area contributed by atoms with Gasteiger partial charge in [0, 0.05) is 23.7 Å². The van der Waals surface area contributed by atoms with Crippen molar-refractivity contribution in [1.82, 2.24) is 25.6 Å². The van der Waals surface area contributed by atoms with Crippen molar-refractivity contribution in [3.8, 4) is 0 Å². The number of tetrazole rings is 1. The first kappa shape index (κ1) is 16.4. The molecule has 3 rings (SSSR count). The number of hydrogen-bond donors (Lipinski definition) is 1. The van der Waals surface area contributed by atoms with E-state index in [4.69, 9.17) is 11.6 Å². The molecule has 0 atom stereocenters. The molecule has 0 radical (unpaired) electrons. The minimum atomic E-state index is -0.333. The van der Waals surface area contributed by atoms with Crippen LogP contribution in [0.3, 0.4) is 0 Å². The molecule has 0 bridgehead atoms. The van der Waals surface area contributed by atoms with Gasteiger partial charge in [0.2, 0.25) is 0 Å². The maximum absolute atomic E-state index is 11.9. The van der Waals surface area contributed by atoms with Crippen molar-refractivity contribution in [2.24, 2.45) is 5.10 Å². The molecule has 1 saturated heterocycles. The van der Waals surface area contributed by atoms with Crippen molar-refractivity contribution >= 4 is 29.7 Å². The van der Waals surface area contributed by atoms with E-state index in [0.717, 1.165) is 31.5 Å². The lowest BCUT2D eigenvalue weighted by Crippen LogP contribution is -2.30. The highest BCUT2D eigenvalue weighted by molar-refractivity contribution is 6.33. The van der Waals surface area contributed by atoms with Crippen molar-refractivity contribution in [3.63, 3.8) is 0 Å². The second kappa shape index (κ2) is 7.87. The highest BCUT2D eigenvalue weighted by Gasteiger charge is 2.16. The maximum Gasteiger partial charge on any atom is 0.266 e. The Hall–Kier alpha value is -2.48. The van der Waals surface area contributed by atoms with Crippen LogP contribution in [0.1, 0.15) is 24.8 Å². The van der Waals surface area contributed by atoms with Crippen LogP contribution >= 0.6 is 11.6 Å². The molecular weight excluding hydrogens is 330 g/mol. The number of amides is 1. The quantitative estimate of drug-likeness (QED) is 0.653. The van der Waals surface area contributed by atoms with E-state index in [-0.39, 0.29) is 12.5 Å². The molecule has 1 aromatic heterocycles. The zero-order chi connectivity index (χ0) is 16.8. The summed E-state index contributed by atoms with van der Waals surface area (Å²) in [6.07, 6.45) is 4.99. The molecule has 2 aromatic rings. The van der Waals surface area contributed by atoms with Crippen LogP contribution in [0.15, 0.2) is 29.4 Å². The van der Waals surface area contributed by atoms with E-state index in [1.54, 1.807) is 6.07 Å². The zero-order valence-electron chi connectivity index (χ0n) is 13.1. The first-order chi connectivity index (χ1) is 11.7. The molecule has 1 fully saturated rings. The van der Waals surface area contributed by atoms with E-state index in [2.05, 4.69) is 30.8 Å². The number of carbonyl (C=O) groups is 1. The molecule has 9 heteroatoms. The average Bonchev–Trinajstić information content (AvgIpc) is 3.06. The number of carbonyl (C=O) groups excluding carboxylic acids is 1. The molecule has 1 N–H and O–H groups in total. The smallest absolute Gasteiger partial charge is 0.266 e. The molecular formula is C15H18ClN7O. The predicted molar refractivity (Wildman–Crippen MR) is 91.1 cm³/mol. The van der Waals surface area contributed by atoms with Crippen molar-refractivity contribution in [1.29, 1.82) is 0 Å². The Kier molecular flexibility index (Phi) is 5.37. The lowest BCUT2D eigenvalue weighted by molar-refractivity contribution is -0.122. The number of nitrogens with zero attached hydrogens (tertiary/aromatic N) is 6. The SMILES string of the molecule is O=C(Cn1nnc(N2CCCCC2)n1)N/N=C\c1ccccc1Cl. The summed E-state index contributed by atoms with van der Waals surface area (Å²) in [5.41, 5.74) is 3.15. The Morgan fingerprint density at radius 2 is 2.08 bits per heavy atom. The third-order valence-corrected chi connectivity index (χ3v) is 4.01. The van der Waals surface area contributed by atoms with Gasteiger partial charge < -0.3 is 4.90 Å². The van der Waals surface area contributed by atoms with E-state index in [1.165, 1.54) is 17.4 Å². The van der Waals surface area contributed by atoms with Gasteiger partial charge >= 0.3 is 0 Å². The molecule has 1 aliphatic rings. The van der Waals surface area contributed by atoms with Crippen LogP contribution < -0.4 is 10.3 Å². The van der Waals surface area contributed by atoms with Crippen LogP contribution in [0.4, 0.5) is 5.95 Å². The summed E-state index contributed by atoms with van der Waals surface area (Å²) in [4.78, 5) is 15.2. The summed E-state index contributed by atoms with van der Waals surface area (Å²) in [6.45, 7) is 1.82. The summed E-state index contributed by atoms with van der Waals surface area (Å²) in [7, 11) is 0. The second-order valence-corrected chi connectivity index (χ2v) is 5.89. The van der Waals surface area contributed by atoms with Gasteiger partial charge in [0.1, 0.15) is 6.54 Å². The maximum atomic E-state index is 11.9. The fraction of sp³-hybridized carbons (Fsp3) is 0.400. The Bertz CT molecular complexity index is 724. The fourth-order valence-corrected chi connectivity index (χ4v) is 2.62. The lowest BCUT2D eigenvalue weighted by Gasteiger charge is -2.24. The molecule has 126 valence electrons. The lowest BCUT2D eigenvalue weighted by atomic mass is 10.1. The topological polar surface area (TPSA) is 88.3 Å². The molecule has 2 heterocycles. The van der Waals surface area contributed by atoms with E-state index < -0.39 is 0 Å². The molecule has 8 nitrogen and oxygen atoms in total. The minimum absolute atomic E-state index is 0.0410. The van der Waals surface area contributed by atoms with E-state index in [1.807, 2.05) is 18.2 Å². The van der Waals surface area contributed by atoms with Crippen LogP contribution in [-0.2, 0) is 11.3 Å². The third kappa shape index (κ3) is 4.29. The van der Waals surface area contributed by atoms with Gasteiger partial charge in [-0.3, -0.25) is 4.79 Å². The molecule has 1 amide bonds. The molecule has 0 spiro atoms. The van der Waals surface area contributed by atoms with Gasteiger partial charge in [-0.05, 0) is 30.5 Å². The van der Waals surface area contributed by atoms with Gasteiger partial charge in [0.05, 0.1) is 6.21 Å². The number of hydrogen-bond acceptors (Lipinski definition) is 6. The van der Waals surface area contributed by atoms with Crippen molar-refractivity contribution < 1.29 is 4.79 Å². The van der Waals surface area contributed by atoms with Gasteiger partial charge in [0.25, 0.3) is 11.9 Å². The zero-order valence-corrected chi connectivity index (χ0v) is 13.9. The number of halogens is 1. The highest BCUT2D eigenvalue weighted by atomic mass is 35.5. The number of nitrogens with one attached hydrogen (secondary N) is 1. The van der Waals surface area contributed by atoms with Crippen molar-refractivity contribution in [2.75, 3.05) is 18.0 Å². The normalized spacial score (nSPS) is 15.0. The average molecular weight is 348 g/mol. The highest BCUT2D eigenvalue weighted by Crippen LogP contribution is 2.14. The largest absolute Gasteiger partial charge is 0.338 e. The van der Waals surface area contributed by atoms with E-state index in [0.29, 0.717) is 11.0 Å². The van der Waals surface area contributed by atoms with Gasteiger partial charge in [-0.1, -0.05) is 34.9 Å². The van der Waals surface area contributed by atoms with Crippen molar-refractivity contribution in [3.05, 3.63) is 34.9 Å². The molecule has 1 aliphatic heterocycles. The minimum Gasteiger partial charge on any atom is -0.338 e. The monoisotopic (exact) mass is 347 g/mol. The Balaban J connectivity index is 1.52. The number of rotatable bonds is 5. The molecule has 0 aliphatic carbocycles. The van der Waals surface area contributed by atoms with Crippen molar-refractivity contribution in [2.45, 2.75) is 25.8 Å². The number of aromatic nitrogens is 4. The summed E-state index contributed by atoms with van der Waals surface area (Å²) in [6, 6.07) is 7.24. The van der Waals surface area contributed by atoms with Crippen LogP contribution in [-0.4, -0.2) is 45.4 Å². The van der Waals surface area contributed by atoms with Crippen LogP contribution in [0, 0.1) is 0 Å². The van der Waals surface area contributed by atoms with E-state index >= 15 is 0 Å². The first-order valence-electron chi connectivity index (χ1n) is 7.81. The van der Waals surface area contributed by atoms with E-state index in [9.17, 15) is 4.79 Å². The standard InChI is InChI=1S/C15H18ClN7O/c16-13-7-3-2-6-12(13)10-17-18-14(24)11-23-20-15(19-21-23)22-8-4-1-5-9-22/h2-3,6-7,10H,1,4-5,8-9,11H2,(H,18,24)/b17-10-. The second-order valence-electron chi connectivity index (χ2n) is 5.48. The fourth-order valence-electron chi connectivity index (χ4n) is 2.44. The Morgan fingerprint density at radius 3 is 2.88 bits per heavy atom. The number of benzene rings is 1. The van der Waals surface area contributed by atoms with Gasteiger partial charge in [-0.2, -0.15) is 9.90 Å². The molecule has 24 heavy (non-hydrogen) atoms. The number of hydrazone groups is 1. The summed E-state index contributed by atoms with van der Waals surface area (Å²) < 4.78 is 0. The summed E-state index contributed by atoms with van der Waals surface area (Å²) >= 11 is 6.00. The van der Waals surface area contributed by atoms with Gasteiger partial charge in [0.15, 0.2) is 0 Å². The Labute approximate surface area is 144 Å². The first-order valence-corrected chi connectivity index (χ1v) is 8.19. The molecule has 1 aromatic carbocycles. The number of anilines is 1. The van der Waals surface area contributed by atoms with Crippen LogP contribution in [0.5, 0.6) is 0 Å². The molecule has 0 unspecified atom stereocenters. The van der Waals surface area contributed by atoms with Gasteiger partial charge in [-0.25, -0.2) is 5.43 Å². The molecule has 0 saturated carbocycles. The Morgan fingerprint density at radius 1 is 1.29 bits per heavy atom. The predicted octanol–water partition coefficient (Wildman–Crippen LogP) is 1.47. The van der Waals surface area contributed by atoms with Crippen LogP contribution in [0.2, 0.25) is 5.02 Å². The number of piperidine rings is 1.